The van der Waals surface area contributed by atoms with E-state index in [4.69, 9.17) is 4.74 Å². The summed E-state index contributed by atoms with van der Waals surface area (Å²) in [7, 11) is 2.20. The monoisotopic (exact) mass is 447 g/mol. The van der Waals surface area contributed by atoms with Crippen LogP contribution in [-0.2, 0) is 13.0 Å². The van der Waals surface area contributed by atoms with Crippen LogP contribution in [0.1, 0.15) is 49.2 Å². The van der Waals surface area contributed by atoms with E-state index in [1.165, 1.54) is 16.7 Å². The van der Waals surface area contributed by atoms with Crippen molar-refractivity contribution in [1.82, 2.24) is 20.1 Å². The van der Waals surface area contributed by atoms with Crippen LogP contribution in [0.3, 0.4) is 0 Å². The fourth-order valence-electron chi connectivity index (χ4n) is 4.23. The average Bonchev–Trinajstić information content (AvgIpc) is 3.27. The second kappa shape index (κ2) is 10.8. The Labute approximate surface area is 198 Å². The van der Waals surface area contributed by atoms with E-state index in [2.05, 4.69) is 89.2 Å². The van der Waals surface area contributed by atoms with Crippen LogP contribution >= 0.6 is 0 Å². The molecule has 6 heteroatoms. The number of hydrogen-bond acceptors (Lipinski definition) is 5. The first-order chi connectivity index (χ1) is 16.0. The first-order valence-electron chi connectivity index (χ1n) is 12.1. The molecule has 1 aliphatic rings. The summed E-state index contributed by atoms with van der Waals surface area (Å²) in [5, 5.41) is 9.06. The van der Waals surface area contributed by atoms with E-state index in [-0.39, 0.29) is 0 Å². The second-order valence-electron chi connectivity index (χ2n) is 9.77. The van der Waals surface area contributed by atoms with E-state index in [0.29, 0.717) is 12.0 Å². The Morgan fingerprint density at radius 1 is 1.00 bits per heavy atom. The lowest BCUT2D eigenvalue weighted by atomic mass is 10.0. The highest BCUT2D eigenvalue weighted by Gasteiger charge is 2.26. The summed E-state index contributed by atoms with van der Waals surface area (Å²) in [4.78, 5) is 8.33. The summed E-state index contributed by atoms with van der Waals surface area (Å²) < 4.78 is 5.80. The molecule has 176 valence electrons. The Morgan fingerprint density at radius 3 is 2.33 bits per heavy atom. The third kappa shape index (κ3) is 6.57. The number of aromatic amines is 1. The third-order valence-corrected chi connectivity index (χ3v) is 6.27. The average molecular weight is 448 g/mol. The smallest absolute Gasteiger partial charge is 0.225 e. The standard InChI is InChI=1S/C27H37N5O/c1-20(2)19-33-25-11-9-22(10-12-25)17-26-28-27(30-29-26)32(24-13-15-31(4)16-14-24)18-23-7-5-21(3)6-8-23/h5-12,20,24H,13-19H2,1-4H3,(H,28,29,30). The van der Waals surface area contributed by atoms with Crippen molar-refractivity contribution >= 4 is 5.95 Å². The molecule has 1 aliphatic heterocycles. The fraction of sp³-hybridized carbons (Fsp3) is 0.481. The van der Waals surface area contributed by atoms with Crippen molar-refractivity contribution < 1.29 is 4.74 Å². The SMILES string of the molecule is Cc1ccc(CN(c2nnc(Cc3ccc(OCC(C)C)cc3)[nH]2)C2CCN(C)CC2)cc1. The van der Waals surface area contributed by atoms with Crippen LogP contribution in [0.4, 0.5) is 5.95 Å². The largest absolute Gasteiger partial charge is 0.493 e. The second-order valence-corrected chi connectivity index (χ2v) is 9.77. The number of nitrogens with one attached hydrogen (secondary N) is 1. The fourth-order valence-corrected chi connectivity index (χ4v) is 4.23. The number of benzene rings is 2. The molecule has 0 amide bonds. The van der Waals surface area contributed by atoms with E-state index >= 15 is 0 Å². The zero-order chi connectivity index (χ0) is 23.2. The van der Waals surface area contributed by atoms with Gasteiger partial charge in [0.1, 0.15) is 11.6 Å². The zero-order valence-corrected chi connectivity index (χ0v) is 20.4. The number of likely N-dealkylation sites (tertiary alicyclic amines) is 1. The van der Waals surface area contributed by atoms with Crippen LogP contribution in [0.2, 0.25) is 0 Å². The van der Waals surface area contributed by atoms with Crippen LogP contribution in [0.5, 0.6) is 5.75 Å². The number of aryl methyl sites for hydroxylation is 1. The highest BCUT2D eigenvalue weighted by molar-refractivity contribution is 5.36. The molecule has 33 heavy (non-hydrogen) atoms. The molecule has 0 saturated carbocycles. The van der Waals surface area contributed by atoms with Crippen molar-refractivity contribution in [1.29, 1.82) is 0 Å². The molecule has 0 atom stereocenters. The van der Waals surface area contributed by atoms with Gasteiger partial charge in [0.25, 0.3) is 0 Å². The zero-order valence-electron chi connectivity index (χ0n) is 20.4. The van der Waals surface area contributed by atoms with Crippen LogP contribution < -0.4 is 9.64 Å². The topological polar surface area (TPSA) is 57.3 Å². The van der Waals surface area contributed by atoms with Gasteiger partial charge in [0.2, 0.25) is 5.95 Å². The quantitative estimate of drug-likeness (QED) is 0.509. The Hall–Kier alpha value is -2.86. The number of anilines is 1. The maximum atomic E-state index is 5.80. The maximum absolute atomic E-state index is 5.80. The van der Waals surface area contributed by atoms with Gasteiger partial charge < -0.3 is 19.5 Å². The summed E-state index contributed by atoms with van der Waals surface area (Å²) in [5.41, 5.74) is 3.78. The highest BCUT2D eigenvalue weighted by atomic mass is 16.5. The molecule has 0 aliphatic carbocycles. The summed E-state index contributed by atoms with van der Waals surface area (Å²) in [5.74, 6) is 3.20. The van der Waals surface area contributed by atoms with Gasteiger partial charge in [-0.1, -0.05) is 55.8 Å². The minimum absolute atomic E-state index is 0.459. The molecule has 0 unspecified atom stereocenters. The molecule has 0 radical (unpaired) electrons. The molecular weight excluding hydrogens is 410 g/mol. The first kappa shape index (κ1) is 23.3. The number of nitrogens with zero attached hydrogens (tertiary/aromatic N) is 4. The molecule has 1 fully saturated rings. The number of H-pyrrole nitrogens is 1. The molecule has 6 nitrogen and oxygen atoms in total. The van der Waals surface area contributed by atoms with Gasteiger partial charge in [-0.3, -0.25) is 0 Å². The van der Waals surface area contributed by atoms with Crippen molar-refractivity contribution in [2.75, 3.05) is 31.6 Å². The van der Waals surface area contributed by atoms with Crippen molar-refractivity contribution in [3.63, 3.8) is 0 Å². The molecule has 1 saturated heterocycles. The van der Waals surface area contributed by atoms with Gasteiger partial charge in [-0.15, -0.1) is 10.2 Å². The predicted molar refractivity (Wildman–Crippen MR) is 134 cm³/mol. The summed E-state index contributed by atoms with van der Waals surface area (Å²) in [6.45, 7) is 10.2. The van der Waals surface area contributed by atoms with Crippen molar-refractivity contribution in [2.24, 2.45) is 5.92 Å². The summed E-state index contributed by atoms with van der Waals surface area (Å²) in [6.07, 6.45) is 3.00. The minimum atomic E-state index is 0.459. The number of piperidine rings is 1. The molecule has 0 bridgehead atoms. The predicted octanol–water partition coefficient (Wildman–Crippen LogP) is 4.84. The van der Waals surface area contributed by atoms with Gasteiger partial charge in [-0.25, -0.2) is 0 Å². The van der Waals surface area contributed by atoms with Gasteiger partial charge in [-0.05, 0) is 69.1 Å². The van der Waals surface area contributed by atoms with E-state index in [0.717, 1.165) is 63.0 Å². The molecule has 3 aromatic rings. The van der Waals surface area contributed by atoms with Crippen molar-refractivity contribution in [2.45, 2.75) is 52.6 Å². The van der Waals surface area contributed by atoms with Gasteiger partial charge in [0, 0.05) is 19.0 Å². The van der Waals surface area contributed by atoms with E-state index in [9.17, 15) is 0 Å². The van der Waals surface area contributed by atoms with Crippen LogP contribution in [0.15, 0.2) is 48.5 Å². The van der Waals surface area contributed by atoms with E-state index in [1.807, 2.05) is 12.1 Å². The maximum Gasteiger partial charge on any atom is 0.225 e. The van der Waals surface area contributed by atoms with Gasteiger partial charge in [0.05, 0.1) is 6.61 Å². The van der Waals surface area contributed by atoms with Gasteiger partial charge >= 0.3 is 0 Å². The molecular formula is C27H37N5O. The lowest BCUT2D eigenvalue weighted by Gasteiger charge is -2.37. The van der Waals surface area contributed by atoms with E-state index < -0.39 is 0 Å². The molecule has 2 heterocycles. The van der Waals surface area contributed by atoms with Crippen LogP contribution in [0.25, 0.3) is 0 Å². The molecule has 2 aromatic carbocycles. The number of aromatic nitrogens is 3. The number of rotatable bonds is 9. The summed E-state index contributed by atoms with van der Waals surface area (Å²) in [6, 6.07) is 17.6. The summed E-state index contributed by atoms with van der Waals surface area (Å²) >= 11 is 0. The van der Waals surface area contributed by atoms with Gasteiger partial charge in [0.15, 0.2) is 0 Å². The van der Waals surface area contributed by atoms with Crippen molar-refractivity contribution in [3.8, 4) is 5.75 Å². The first-order valence-corrected chi connectivity index (χ1v) is 12.1. The van der Waals surface area contributed by atoms with Crippen molar-refractivity contribution in [3.05, 3.63) is 71.0 Å². The lowest BCUT2D eigenvalue weighted by molar-refractivity contribution is 0.248. The lowest BCUT2D eigenvalue weighted by Crippen LogP contribution is -2.44. The number of hydrogen-bond donors (Lipinski definition) is 1. The Morgan fingerprint density at radius 2 is 1.67 bits per heavy atom. The van der Waals surface area contributed by atoms with Crippen LogP contribution in [0, 0.1) is 12.8 Å². The minimum Gasteiger partial charge on any atom is -0.493 e. The van der Waals surface area contributed by atoms with Crippen LogP contribution in [-0.4, -0.2) is 52.9 Å². The van der Waals surface area contributed by atoms with E-state index in [1.54, 1.807) is 0 Å². The Bertz CT molecular complexity index is 988. The van der Waals surface area contributed by atoms with Gasteiger partial charge in [-0.2, -0.15) is 0 Å². The third-order valence-electron chi connectivity index (χ3n) is 6.27. The molecule has 4 rings (SSSR count). The number of ether oxygens (including phenoxy) is 1. The molecule has 0 spiro atoms. The molecule has 1 N–H and O–H groups in total. The highest BCUT2D eigenvalue weighted by Crippen LogP contribution is 2.24. The Kier molecular flexibility index (Phi) is 7.65. The normalized spacial score (nSPS) is 15.2. The Balaban J connectivity index is 1.46. The molecule has 1 aromatic heterocycles.